The van der Waals surface area contributed by atoms with Gasteiger partial charge in [0.15, 0.2) is 5.82 Å². The number of hydrogen-bond donors (Lipinski definition) is 3. The number of rotatable bonds is 17. The molecule has 0 saturated carbocycles. The van der Waals surface area contributed by atoms with Crippen LogP contribution in [0, 0.1) is 0 Å². The number of nitrogens with zero attached hydrogens (tertiary/aromatic N) is 6. The maximum atomic E-state index is 13.3. The summed E-state index contributed by atoms with van der Waals surface area (Å²) in [5, 5.41) is 9.82. The number of unbranched alkanes of at least 4 members (excludes halogenated alkanes) is 3. The molecular weight excluding hydrogens is 869 g/mol. The van der Waals surface area contributed by atoms with Crippen molar-refractivity contribution in [3.05, 3.63) is 83.0 Å². The molecule has 0 bridgehead atoms. The number of carbonyl (C=O) groups is 4. The first-order valence-electron chi connectivity index (χ1n) is 22.5. The molecule has 3 saturated heterocycles. The lowest BCUT2D eigenvalue weighted by Gasteiger charge is -2.43. The molecule has 0 aliphatic carbocycles. The summed E-state index contributed by atoms with van der Waals surface area (Å²) in [5.41, 5.74) is 2.93. The number of hydrogen-bond acceptors (Lipinski definition) is 14. The molecule has 4 aliphatic heterocycles. The number of benzene rings is 3. The largest absolute Gasteiger partial charge is 0.494 e. The van der Waals surface area contributed by atoms with Crippen LogP contribution in [-0.2, 0) is 14.2 Å². The number of fused-ring (bicyclic) bond motifs is 1. The van der Waals surface area contributed by atoms with Crippen molar-refractivity contribution < 1.29 is 33.2 Å². The molecule has 3 aromatic carbocycles. The fraction of sp³-hybridized carbons (Fsp3) is 0.447. The summed E-state index contributed by atoms with van der Waals surface area (Å²) in [4.78, 5) is 68.1. The van der Waals surface area contributed by atoms with E-state index < -0.39 is 36.8 Å². The van der Waals surface area contributed by atoms with Crippen LogP contribution in [0.2, 0.25) is 5.02 Å². The zero-order chi connectivity index (χ0) is 45.7. The third-order valence-corrected chi connectivity index (χ3v) is 14.5. The van der Waals surface area contributed by atoms with Gasteiger partial charge in [-0.05, 0) is 88.4 Å². The number of halogens is 1. The molecule has 3 N–H and O–H groups in total. The number of ether oxygens (including phenoxy) is 2. The Labute approximate surface area is 384 Å². The van der Waals surface area contributed by atoms with Crippen LogP contribution in [0.5, 0.6) is 11.5 Å². The quantitative estimate of drug-likeness (QED) is 0.0594. The second-order valence-electron chi connectivity index (χ2n) is 17.4. The van der Waals surface area contributed by atoms with Crippen LogP contribution in [0.4, 0.5) is 28.8 Å². The van der Waals surface area contributed by atoms with E-state index in [-0.39, 0.29) is 24.0 Å². The molecule has 0 spiro atoms. The van der Waals surface area contributed by atoms with Gasteiger partial charge in [0, 0.05) is 68.8 Å². The normalized spacial score (nSPS) is 18.7. The highest BCUT2D eigenvalue weighted by molar-refractivity contribution is 7.70. The van der Waals surface area contributed by atoms with Crippen LogP contribution < -0.4 is 35.6 Å². The SMILES string of the molecule is COc1cc(N2CCC(N3CCN(CCCCCCOc4cccc5c4C(=O)N(C4CCC(=O)NC4=O)C5=O)CC3)CC2)ccc1Nc1ncc(Cl)c(Nc2ccccc2P(C)(C)=O)n1. The lowest BCUT2D eigenvalue weighted by molar-refractivity contribution is -0.136. The summed E-state index contributed by atoms with van der Waals surface area (Å²) < 4.78 is 24.7. The lowest BCUT2D eigenvalue weighted by Crippen LogP contribution is -2.54. The van der Waals surface area contributed by atoms with Crippen molar-refractivity contribution in [3.8, 4) is 11.5 Å². The number of anilines is 5. The molecule has 4 amide bonds. The lowest BCUT2D eigenvalue weighted by atomic mass is 10.0. The Morgan fingerprint density at radius 2 is 1.60 bits per heavy atom. The summed E-state index contributed by atoms with van der Waals surface area (Å²) in [7, 11) is -0.895. The predicted molar refractivity (Wildman–Crippen MR) is 252 cm³/mol. The first-order valence-corrected chi connectivity index (χ1v) is 25.4. The Hall–Kier alpha value is -5.54. The maximum absolute atomic E-state index is 13.3. The fourth-order valence-corrected chi connectivity index (χ4v) is 10.5. The number of aromatic nitrogens is 2. The van der Waals surface area contributed by atoms with Crippen molar-refractivity contribution in [2.75, 3.05) is 88.4 Å². The van der Waals surface area contributed by atoms with Crippen LogP contribution in [-0.4, -0.2) is 133 Å². The molecule has 4 aromatic rings. The number of carbonyl (C=O) groups excluding carboxylic acids is 4. The van der Waals surface area contributed by atoms with Gasteiger partial charge >= 0.3 is 0 Å². The van der Waals surface area contributed by atoms with Gasteiger partial charge in [-0.1, -0.05) is 42.6 Å². The van der Waals surface area contributed by atoms with Gasteiger partial charge in [-0.25, -0.2) is 4.98 Å². The Kier molecular flexibility index (Phi) is 14.4. The highest BCUT2D eigenvalue weighted by Crippen LogP contribution is 2.39. The Morgan fingerprint density at radius 1 is 0.831 bits per heavy atom. The van der Waals surface area contributed by atoms with Gasteiger partial charge in [-0.15, -0.1) is 0 Å². The zero-order valence-corrected chi connectivity index (χ0v) is 38.8. The topological polar surface area (TPSA) is 179 Å². The van der Waals surface area contributed by atoms with E-state index in [0.29, 0.717) is 46.6 Å². The second-order valence-corrected chi connectivity index (χ2v) is 21.0. The fourth-order valence-electron chi connectivity index (χ4n) is 9.21. The van der Waals surface area contributed by atoms with Gasteiger partial charge in [0.2, 0.25) is 17.8 Å². The molecule has 5 heterocycles. The number of para-hydroxylation sites is 1. The van der Waals surface area contributed by atoms with Crippen LogP contribution in [0.25, 0.3) is 0 Å². The van der Waals surface area contributed by atoms with Crippen molar-refractivity contribution in [2.24, 2.45) is 0 Å². The minimum Gasteiger partial charge on any atom is -0.494 e. The highest BCUT2D eigenvalue weighted by atomic mass is 35.5. The van der Waals surface area contributed by atoms with Crippen molar-refractivity contribution >= 4 is 76.5 Å². The molecule has 1 atom stereocenters. The maximum Gasteiger partial charge on any atom is 0.266 e. The van der Waals surface area contributed by atoms with E-state index in [0.717, 1.165) is 106 Å². The van der Waals surface area contributed by atoms with E-state index in [1.165, 1.54) is 6.20 Å². The van der Waals surface area contributed by atoms with Gasteiger partial charge in [-0.3, -0.25) is 34.3 Å². The third-order valence-electron chi connectivity index (χ3n) is 12.7. The van der Waals surface area contributed by atoms with Crippen LogP contribution >= 0.6 is 18.7 Å². The summed E-state index contributed by atoms with van der Waals surface area (Å²) in [5.74, 6) is -0.343. The van der Waals surface area contributed by atoms with E-state index >= 15 is 0 Å². The standard InChI is InChI=1S/C47H57ClN9O7P/c1-63-39-29-32(15-16-35(39)51-47-49-30-34(48)43(53-47)50-36-12-6-7-14-40(36)65(2,3)62)55-22-19-31(20-23-55)56-26-24-54(25-27-56)21-8-4-5-9-28-64-38-13-10-11-33-42(38)46(61)57(45(33)60)37-17-18-41(58)52-44(37)59/h6-7,10-16,29-31,37H,4-5,8-9,17-28H2,1-3H3,(H,52,58,59)(H2,49,50,51,53). The van der Waals surface area contributed by atoms with Crippen molar-refractivity contribution in [1.82, 2.24) is 30.0 Å². The molecule has 65 heavy (non-hydrogen) atoms. The Bertz CT molecular complexity index is 2470. The molecule has 8 rings (SSSR count). The van der Waals surface area contributed by atoms with Crippen LogP contribution in [0.3, 0.4) is 0 Å². The number of piperidine rings is 2. The van der Waals surface area contributed by atoms with Crippen molar-refractivity contribution in [3.63, 3.8) is 0 Å². The molecule has 0 radical (unpaired) electrons. The summed E-state index contributed by atoms with van der Waals surface area (Å²) in [6, 6.07) is 18.1. The van der Waals surface area contributed by atoms with Gasteiger partial charge in [0.25, 0.3) is 11.8 Å². The third kappa shape index (κ3) is 10.6. The van der Waals surface area contributed by atoms with Gasteiger partial charge in [-0.2, -0.15) is 4.98 Å². The Balaban J connectivity index is 0.737. The average Bonchev–Trinajstić information content (AvgIpc) is 3.56. The van der Waals surface area contributed by atoms with Crippen LogP contribution in [0.1, 0.15) is 72.1 Å². The highest BCUT2D eigenvalue weighted by Gasteiger charge is 2.46. The number of piperazine rings is 1. The minimum absolute atomic E-state index is 0.0766. The summed E-state index contributed by atoms with van der Waals surface area (Å²) in [6.07, 6.45) is 7.91. The predicted octanol–water partition coefficient (Wildman–Crippen LogP) is 6.50. The first kappa shape index (κ1) is 46.0. The summed E-state index contributed by atoms with van der Waals surface area (Å²) in [6.45, 7) is 11.2. The minimum atomic E-state index is -2.55. The molecule has 1 aromatic heterocycles. The van der Waals surface area contributed by atoms with E-state index in [1.807, 2.05) is 30.3 Å². The molecule has 4 aliphatic rings. The molecule has 1 unspecified atom stereocenters. The van der Waals surface area contributed by atoms with Crippen molar-refractivity contribution in [2.45, 2.75) is 63.5 Å². The van der Waals surface area contributed by atoms with E-state index in [1.54, 1.807) is 38.6 Å². The molecule has 16 nitrogen and oxygen atoms in total. The molecular formula is C47H57ClN9O7P. The van der Waals surface area contributed by atoms with E-state index in [2.05, 4.69) is 52.8 Å². The smallest absolute Gasteiger partial charge is 0.266 e. The Morgan fingerprint density at radius 3 is 2.35 bits per heavy atom. The number of imide groups is 2. The van der Waals surface area contributed by atoms with E-state index in [9.17, 15) is 23.7 Å². The van der Waals surface area contributed by atoms with Gasteiger partial charge in [0.05, 0.1) is 42.4 Å². The molecule has 344 valence electrons. The molecule has 3 fully saturated rings. The number of methoxy groups -OCH3 is 1. The molecule has 18 heteroatoms. The monoisotopic (exact) mass is 925 g/mol. The zero-order valence-electron chi connectivity index (χ0n) is 37.2. The second kappa shape index (κ2) is 20.3. The average molecular weight is 926 g/mol. The van der Waals surface area contributed by atoms with Gasteiger partial charge in [0.1, 0.15) is 29.7 Å². The van der Waals surface area contributed by atoms with Crippen molar-refractivity contribution in [1.29, 1.82) is 0 Å². The number of nitrogens with one attached hydrogen (secondary N) is 3. The van der Waals surface area contributed by atoms with Gasteiger partial charge < -0.3 is 34.5 Å². The first-order chi connectivity index (χ1) is 31.4. The summed E-state index contributed by atoms with van der Waals surface area (Å²) >= 11 is 6.49. The van der Waals surface area contributed by atoms with E-state index in [4.69, 9.17) is 21.1 Å². The number of amides is 4. The van der Waals surface area contributed by atoms with Crippen LogP contribution in [0.15, 0.2) is 66.9 Å².